The van der Waals surface area contributed by atoms with Crippen LogP contribution in [0.4, 0.5) is 0 Å². The van der Waals surface area contributed by atoms with Crippen LogP contribution in [0.15, 0.2) is 41.1 Å². The van der Waals surface area contributed by atoms with E-state index in [9.17, 15) is 4.79 Å². The average Bonchev–Trinajstić information content (AvgIpc) is 3.36. The highest BCUT2D eigenvalue weighted by molar-refractivity contribution is 5.86. The zero-order valence-corrected chi connectivity index (χ0v) is 17.2. The lowest BCUT2D eigenvalue weighted by Crippen LogP contribution is -2.54. The third kappa shape index (κ3) is 3.89. The molecule has 31 heavy (non-hydrogen) atoms. The molecule has 0 bridgehead atoms. The van der Waals surface area contributed by atoms with Crippen LogP contribution in [0.25, 0.3) is 28.1 Å². The Morgan fingerprint density at radius 2 is 2.19 bits per heavy atom. The number of carbonyl (C=O) groups excluding carboxylic acids is 1. The molecule has 10 nitrogen and oxygen atoms in total. The topological polar surface area (TPSA) is 116 Å². The zero-order valence-electron chi connectivity index (χ0n) is 17.2. The Morgan fingerprint density at radius 3 is 3.03 bits per heavy atom. The second-order valence-electron chi connectivity index (χ2n) is 7.60. The number of hydrogen-bond acceptors (Lipinski definition) is 8. The fraction of sp³-hybridized carbons (Fsp3) is 0.333. The van der Waals surface area contributed by atoms with Gasteiger partial charge >= 0.3 is 0 Å². The first-order valence-corrected chi connectivity index (χ1v) is 10.1. The molecule has 1 fully saturated rings. The standard InChI is InChI=1S/C21H22N6O4/c1-12(2)30-21-14-7-17(31-16(14)5-6-23-21)15-9-24-18-3-4-20(26-27(15)18)29-11-13-8-22-10-19(28)25-13/h3-7,9,12-13,22H,8,10-11H2,1-2H3,(H,25,28)/t13-/m1/s1. The average molecular weight is 422 g/mol. The first-order chi connectivity index (χ1) is 15.1. The number of furan rings is 1. The number of imidazole rings is 1. The summed E-state index contributed by atoms with van der Waals surface area (Å²) in [5.41, 5.74) is 2.01. The van der Waals surface area contributed by atoms with E-state index in [4.69, 9.17) is 13.9 Å². The lowest BCUT2D eigenvalue weighted by Gasteiger charge is -2.23. The monoisotopic (exact) mass is 422 g/mol. The summed E-state index contributed by atoms with van der Waals surface area (Å²) in [6.45, 7) is 5.19. The minimum atomic E-state index is -0.108. The molecule has 10 heteroatoms. The fourth-order valence-corrected chi connectivity index (χ4v) is 3.46. The Kier molecular flexibility index (Phi) is 4.91. The van der Waals surface area contributed by atoms with E-state index in [2.05, 4.69) is 25.7 Å². The number of carbonyl (C=O) groups is 1. The number of nitrogens with one attached hydrogen (secondary N) is 2. The van der Waals surface area contributed by atoms with Crippen LogP contribution >= 0.6 is 0 Å². The van der Waals surface area contributed by atoms with E-state index in [1.807, 2.05) is 26.0 Å². The van der Waals surface area contributed by atoms with E-state index in [0.29, 0.717) is 54.1 Å². The lowest BCUT2D eigenvalue weighted by molar-refractivity contribution is -0.122. The number of amides is 1. The van der Waals surface area contributed by atoms with Crippen molar-refractivity contribution in [1.29, 1.82) is 0 Å². The third-order valence-electron chi connectivity index (χ3n) is 4.82. The Labute approximate surface area is 177 Å². The van der Waals surface area contributed by atoms with Gasteiger partial charge in [-0.15, -0.1) is 5.10 Å². The molecule has 0 radical (unpaired) electrons. The normalized spacial score (nSPS) is 16.7. The van der Waals surface area contributed by atoms with Gasteiger partial charge in [-0.1, -0.05) is 0 Å². The van der Waals surface area contributed by atoms with Crippen molar-refractivity contribution < 1.29 is 18.7 Å². The highest BCUT2D eigenvalue weighted by Crippen LogP contribution is 2.32. The molecule has 0 unspecified atom stereocenters. The smallest absolute Gasteiger partial charge is 0.234 e. The van der Waals surface area contributed by atoms with Crippen LogP contribution in [0.1, 0.15) is 13.8 Å². The van der Waals surface area contributed by atoms with E-state index in [1.54, 1.807) is 29.0 Å². The predicted molar refractivity (Wildman–Crippen MR) is 112 cm³/mol. The van der Waals surface area contributed by atoms with Crippen LogP contribution in [-0.2, 0) is 4.79 Å². The number of ether oxygens (including phenoxy) is 2. The molecular weight excluding hydrogens is 400 g/mol. The highest BCUT2D eigenvalue weighted by Gasteiger charge is 2.19. The third-order valence-corrected chi connectivity index (χ3v) is 4.82. The van der Waals surface area contributed by atoms with Crippen LogP contribution in [0.5, 0.6) is 11.8 Å². The fourth-order valence-electron chi connectivity index (χ4n) is 3.46. The summed E-state index contributed by atoms with van der Waals surface area (Å²) in [7, 11) is 0. The van der Waals surface area contributed by atoms with Crippen LogP contribution in [-0.4, -0.2) is 57.3 Å². The molecule has 1 aliphatic rings. The van der Waals surface area contributed by atoms with Gasteiger partial charge in [0.25, 0.3) is 0 Å². The molecule has 1 aliphatic heterocycles. The van der Waals surface area contributed by atoms with Gasteiger partial charge in [0.2, 0.25) is 17.7 Å². The van der Waals surface area contributed by atoms with E-state index in [1.165, 1.54) is 0 Å². The van der Waals surface area contributed by atoms with E-state index in [0.717, 1.165) is 5.39 Å². The van der Waals surface area contributed by atoms with E-state index in [-0.39, 0.29) is 18.1 Å². The Bertz CT molecular complexity index is 1250. The quantitative estimate of drug-likeness (QED) is 0.483. The van der Waals surface area contributed by atoms with E-state index >= 15 is 0 Å². The van der Waals surface area contributed by atoms with Crippen LogP contribution in [0.2, 0.25) is 0 Å². The molecule has 0 aliphatic carbocycles. The number of rotatable bonds is 6. The molecule has 0 aromatic carbocycles. The maximum Gasteiger partial charge on any atom is 0.234 e. The molecule has 1 amide bonds. The first kappa shape index (κ1) is 19.3. The van der Waals surface area contributed by atoms with Crippen molar-refractivity contribution >= 4 is 22.5 Å². The van der Waals surface area contributed by atoms with Gasteiger partial charge in [0.1, 0.15) is 17.9 Å². The van der Waals surface area contributed by atoms with Gasteiger partial charge < -0.3 is 24.5 Å². The molecule has 0 saturated carbocycles. The summed E-state index contributed by atoms with van der Waals surface area (Å²) in [6, 6.07) is 7.14. The second-order valence-corrected chi connectivity index (χ2v) is 7.60. The van der Waals surface area contributed by atoms with Crippen molar-refractivity contribution in [2.75, 3.05) is 19.7 Å². The maximum atomic E-state index is 11.5. The number of hydrogen-bond donors (Lipinski definition) is 2. The van der Waals surface area contributed by atoms with Crippen LogP contribution in [0.3, 0.4) is 0 Å². The minimum Gasteiger partial charge on any atom is -0.474 e. The summed E-state index contributed by atoms with van der Waals surface area (Å²) in [5.74, 6) is 1.50. The van der Waals surface area contributed by atoms with Crippen molar-refractivity contribution in [3.05, 3.63) is 36.7 Å². The largest absolute Gasteiger partial charge is 0.474 e. The number of pyridine rings is 1. The van der Waals surface area contributed by atoms with Crippen molar-refractivity contribution in [2.24, 2.45) is 0 Å². The second kappa shape index (κ2) is 7.88. The summed E-state index contributed by atoms with van der Waals surface area (Å²) in [4.78, 5) is 20.2. The number of nitrogens with zero attached hydrogens (tertiary/aromatic N) is 4. The van der Waals surface area contributed by atoms with Crippen molar-refractivity contribution in [1.82, 2.24) is 30.2 Å². The van der Waals surface area contributed by atoms with Gasteiger partial charge in [0, 0.05) is 24.9 Å². The molecule has 1 saturated heterocycles. The van der Waals surface area contributed by atoms with Crippen molar-refractivity contribution in [3.8, 4) is 23.2 Å². The zero-order chi connectivity index (χ0) is 21.4. The molecule has 0 spiro atoms. The SMILES string of the molecule is CC(C)Oc1nccc2oc(-c3cnc4ccc(OC[C@H]5CNCC(=O)N5)nn34)cc12. The maximum absolute atomic E-state index is 11.5. The van der Waals surface area contributed by atoms with Crippen LogP contribution < -0.4 is 20.1 Å². The first-order valence-electron chi connectivity index (χ1n) is 10.1. The molecule has 5 rings (SSSR count). The van der Waals surface area contributed by atoms with E-state index < -0.39 is 0 Å². The predicted octanol–water partition coefficient (Wildman–Crippen LogP) is 1.79. The molecule has 4 aromatic heterocycles. The summed E-state index contributed by atoms with van der Waals surface area (Å²) in [6.07, 6.45) is 3.36. The molecule has 5 heterocycles. The summed E-state index contributed by atoms with van der Waals surface area (Å²) < 4.78 is 19.3. The van der Waals surface area contributed by atoms with Gasteiger partial charge in [-0.05, 0) is 26.0 Å². The Hall–Kier alpha value is -3.66. The van der Waals surface area contributed by atoms with Gasteiger partial charge in [-0.2, -0.15) is 0 Å². The molecular formula is C21H22N6O4. The van der Waals surface area contributed by atoms with Gasteiger partial charge in [0.15, 0.2) is 11.4 Å². The summed E-state index contributed by atoms with van der Waals surface area (Å²) >= 11 is 0. The van der Waals surface area contributed by atoms with Crippen molar-refractivity contribution in [2.45, 2.75) is 26.0 Å². The van der Waals surface area contributed by atoms with Crippen LogP contribution in [0, 0.1) is 0 Å². The molecule has 1 atom stereocenters. The molecule has 160 valence electrons. The Balaban J connectivity index is 1.44. The van der Waals surface area contributed by atoms with Crippen molar-refractivity contribution in [3.63, 3.8) is 0 Å². The molecule has 4 aromatic rings. The molecule has 2 N–H and O–H groups in total. The van der Waals surface area contributed by atoms with Gasteiger partial charge in [0.05, 0.1) is 30.3 Å². The Morgan fingerprint density at radius 1 is 1.29 bits per heavy atom. The lowest BCUT2D eigenvalue weighted by atomic mass is 10.2. The number of aromatic nitrogens is 4. The summed E-state index contributed by atoms with van der Waals surface area (Å²) in [5, 5.41) is 11.3. The minimum absolute atomic E-state index is 0.00207. The number of piperazine rings is 1. The number of fused-ring (bicyclic) bond motifs is 2. The van der Waals surface area contributed by atoms with Gasteiger partial charge in [-0.25, -0.2) is 14.5 Å². The van der Waals surface area contributed by atoms with Gasteiger partial charge in [-0.3, -0.25) is 4.79 Å². The highest BCUT2D eigenvalue weighted by atomic mass is 16.5.